The molecule has 0 aliphatic rings. The molecule has 8 heteroatoms. The summed E-state index contributed by atoms with van der Waals surface area (Å²) in [5, 5.41) is 1.53. The van der Waals surface area contributed by atoms with Gasteiger partial charge in [-0.05, 0) is 35.9 Å². The summed E-state index contributed by atoms with van der Waals surface area (Å²) in [5.41, 5.74) is 0.438. The average Bonchev–Trinajstić information content (AvgIpc) is 2.56. The fraction of sp³-hybridized carbons (Fsp3) is 0.250. The van der Waals surface area contributed by atoms with Gasteiger partial charge < -0.3 is 5.32 Å². The Morgan fingerprint density at radius 2 is 1.96 bits per heavy atom. The number of amides is 1. The van der Waals surface area contributed by atoms with Gasteiger partial charge in [0.25, 0.3) is 0 Å². The Balaban J connectivity index is 2.34. The van der Waals surface area contributed by atoms with E-state index in [1.807, 2.05) is 0 Å². The van der Waals surface area contributed by atoms with Crippen molar-refractivity contribution in [1.29, 1.82) is 0 Å². The van der Waals surface area contributed by atoms with Crippen LogP contribution < -0.4 is 5.32 Å². The van der Waals surface area contributed by atoms with Crippen molar-refractivity contribution in [1.82, 2.24) is 10.3 Å². The third-order valence-electron chi connectivity index (χ3n) is 3.38. The number of sulfone groups is 1. The molecule has 0 fully saturated rings. The van der Waals surface area contributed by atoms with E-state index in [1.54, 1.807) is 12.1 Å². The van der Waals surface area contributed by atoms with E-state index in [2.05, 4.69) is 10.3 Å². The Labute approximate surface area is 144 Å². The smallest absolute Gasteiger partial charge is 0.221 e. The summed E-state index contributed by atoms with van der Waals surface area (Å²) in [6.45, 7) is -0.124. The fourth-order valence-electron chi connectivity index (χ4n) is 2.14. The molecule has 1 heterocycles. The molecular formula is C16H16ClFN2O3S. The van der Waals surface area contributed by atoms with Crippen LogP contribution in [0.15, 0.2) is 53.7 Å². The van der Waals surface area contributed by atoms with Crippen molar-refractivity contribution in [3.8, 4) is 0 Å². The molecule has 0 radical (unpaired) electrons. The van der Waals surface area contributed by atoms with Gasteiger partial charge in [0.2, 0.25) is 5.91 Å². The standard InChI is InChI=1S/C16H16ClFN2O3S/c17-8-7-16(21)20-11-15(12-2-1-9-19-10-12)24(22,23)14-5-3-13(18)4-6-14/h1-6,9-10,15H,7-8,11H2,(H,20,21)/t15-/m1/s1. The van der Waals surface area contributed by atoms with Gasteiger partial charge >= 0.3 is 0 Å². The highest BCUT2D eigenvalue weighted by Gasteiger charge is 2.29. The summed E-state index contributed by atoms with van der Waals surface area (Å²) >= 11 is 5.50. The number of hydrogen-bond donors (Lipinski definition) is 1. The number of nitrogens with zero attached hydrogens (tertiary/aromatic N) is 1. The molecule has 0 saturated carbocycles. The minimum Gasteiger partial charge on any atom is -0.354 e. The van der Waals surface area contributed by atoms with E-state index in [9.17, 15) is 17.6 Å². The number of halogens is 2. The number of carbonyl (C=O) groups excluding carboxylic acids is 1. The number of hydrogen-bond acceptors (Lipinski definition) is 4. The minimum absolute atomic E-state index is 0.0238. The second-order valence-electron chi connectivity index (χ2n) is 5.02. The van der Waals surface area contributed by atoms with Crippen LogP contribution in [0.3, 0.4) is 0 Å². The van der Waals surface area contributed by atoms with Gasteiger partial charge in [-0.3, -0.25) is 9.78 Å². The largest absolute Gasteiger partial charge is 0.354 e. The van der Waals surface area contributed by atoms with Crippen molar-refractivity contribution in [3.05, 3.63) is 60.2 Å². The lowest BCUT2D eigenvalue weighted by Gasteiger charge is -2.18. The van der Waals surface area contributed by atoms with Crippen LogP contribution in [0.25, 0.3) is 0 Å². The molecule has 1 atom stereocenters. The van der Waals surface area contributed by atoms with Crippen LogP contribution in [0.4, 0.5) is 4.39 Å². The molecule has 0 spiro atoms. The van der Waals surface area contributed by atoms with Gasteiger partial charge in [-0.25, -0.2) is 12.8 Å². The molecule has 1 N–H and O–H groups in total. The molecule has 0 unspecified atom stereocenters. The maximum atomic E-state index is 13.1. The molecule has 2 aromatic rings. The van der Waals surface area contributed by atoms with Crippen molar-refractivity contribution in [2.24, 2.45) is 0 Å². The van der Waals surface area contributed by atoms with Crippen LogP contribution in [-0.4, -0.2) is 31.7 Å². The zero-order valence-corrected chi connectivity index (χ0v) is 14.2. The normalized spacial score (nSPS) is 12.6. The van der Waals surface area contributed by atoms with Gasteiger partial charge in [-0.2, -0.15) is 0 Å². The summed E-state index contributed by atoms with van der Waals surface area (Å²) in [4.78, 5) is 15.5. The van der Waals surface area contributed by atoms with Crippen LogP contribution in [-0.2, 0) is 14.6 Å². The summed E-state index contributed by atoms with van der Waals surface area (Å²) in [7, 11) is -3.84. The molecule has 128 valence electrons. The van der Waals surface area contributed by atoms with E-state index in [1.165, 1.54) is 24.5 Å². The highest BCUT2D eigenvalue weighted by molar-refractivity contribution is 7.91. The van der Waals surface area contributed by atoms with Crippen molar-refractivity contribution in [2.45, 2.75) is 16.6 Å². The van der Waals surface area contributed by atoms with Crippen molar-refractivity contribution in [3.63, 3.8) is 0 Å². The van der Waals surface area contributed by atoms with Gasteiger partial charge in [0.05, 0.1) is 4.90 Å². The first-order chi connectivity index (χ1) is 11.4. The molecule has 5 nitrogen and oxygen atoms in total. The molecule has 0 aliphatic heterocycles. The lowest BCUT2D eigenvalue weighted by Crippen LogP contribution is -2.32. The molecular weight excluding hydrogens is 355 g/mol. The van der Waals surface area contributed by atoms with Crippen molar-refractivity contribution in [2.75, 3.05) is 12.4 Å². The molecule has 2 rings (SSSR count). The third-order valence-corrected chi connectivity index (χ3v) is 5.69. The second-order valence-corrected chi connectivity index (χ2v) is 7.53. The number of aromatic nitrogens is 1. The number of rotatable bonds is 7. The van der Waals surface area contributed by atoms with Crippen LogP contribution in [0.2, 0.25) is 0 Å². The van der Waals surface area contributed by atoms with E-state index < -0.39 is 20.9 Å². The number of pyridine rings is 1. The highest BCUT2D eigenvalue weighted by atomic mass is 35.5. The Bertz CT molecular complexity index is 783. The topological polar surface area (TPSA) is 76.1 Å². The lowest BCUT2D eigenvalue weighted by molar-refractivity contribution is -0.120. The summed E-state index contributed by atoms with van der Waals surface area (Å²) < 4.78 is 38.8. The fourth-order valence-corrected chi connectivity index (χ4v) is 3.96. The molecule has 0 aliphatic carbocycles. The van der Waals surface area contributed by atoms with Crippen LogP contribution in [0, 0.1) is 5.82 Å². The Morgan fingerprint density at radius 1 is 1.25 bits per heavy atom. The first-order valence-corrected chi connectivity index (χ1v) is 9.25. The van der Waals surface area contributed by atoms with Crippen molar-refractivity contribution >= 4 is 27.3 Å². The summed E-state index contributed by atoms with van der Waals surface area (Å²) in [5.74, 6) is -0.718. The second kappa shape index (κ2) is 8.21. The number of carbonyl (C=O) groups is 1. The van der Waals surface area contributed by atoms with Gasteiger partial charge in [-0.1, -0.05) is 6.07 Å². The first-order valence-electron chi connectivity index (χ1n) is 7.17. The molecule has 24 heavy (non-hydrogen) atoms. The van der Waals surface area contributed by atoms with Crippen LogP contribution in [0.5, 0.6) is 0 Å². The Kier molecular flexibility index (Phi) is 6.28. The number of nitrogens with one attached hydrogen (secondary N) is 1. The van der Waals surface area contributed by atoms with Gasteiger partial charge in [0.15, 0.2) is 9.84 Å². The van der Waals surface area contributed by atoms with Gasteiger partial charge in [0, 0.05) is 31.2 Å². The highest BCUT2D eigenvalue weighted by Crippen LogP contribution is 2.28. The molecule has 1 amide bonds. The summed E-state index contributed by atoms with van der Waals surface area (Å²) in [6.07, 6.45) is 3.05. The Hall–Kier alpha value is -1.99. The predicted molar refractivity (Wildman–Crippen MR) is 88.9 cm³/mol. The number of alkyl halides is 1. The van der Waals surface area contributed by atoms with E-state index in [4.69, 9.17) is 11.6 Å². The van der Waals surface area contributed by atoms with E-state index in [0.717, 1.165) is 12.1 Å². The van der Waals surface area contributed by atoms with E-state index >= 15 is 0 Å². The van der Waals surface area contributed by atoms with Gasteiger partial charge in [-0.15, -0.1) is 11.6 Å². The zero-order chi connectivity index (χ0) is 17.6. The first kappa shape index (κ1) is 18.4. The maximum absolute atomic E-state index is 13.1. The quantitative estimate of drug-likeness (QED) is 0.600. The third kappa shape index (κ3) is 4.52. The van der Waals surface area contributed by atoms with E-state index in [0.29, 0.717) is 5.56 Å². The van der Waals surface area contributed by atoms with Crippen LogP contribution in [0.1, 0.15) is 17.2 Å². The number of benzene rings is 1. The molecule has 1 aromatic heterocycles. The van der Waals surface area contributed by atoms with Gasteiger partial charge in [0.1, 0.15) is 11.1 Å². The SMILES string of the molecule is O=C(CCCl)NC[C@H](c1cccnc1)S(=O)(=O)c1ccc(F)cc1. The monoisotopic (exact) mass is 370 g/mol. The lowest BCUT2D eigenvalue weighted by atomic mass is 10.2. The Morgan fingerprint density at radius 3 is 2.54 bits per heavy atom. The zero-order valence-electron chi connectivity index (χ0n) is 12.7. The molecule has 0 saturated heterocycles. The average molecular weight is 371 g/mol. The maximum Gasteiger partial charge on any atom is 0.221 e. The van der Waals surface area contributed by atoms with Crippen LogP contribution >= 0.6 is 11.6 Å². The van der Waals surface area contributed by atoms with E-state index in [-0.39, 0.29) is 29.6 Å². The predicted octanol–water partition coefficient (Wildman–Crippen LogP) is 2.48. The minimum atomic E-state index is -3.84. The summed E-state index contributed by atoms with van der Waals surface area (Å²) in [6, 6.07) is 7.80. The molecule has 0 bridgehead atoms. The molecule has 1 aromatic carbocycles. The van der Waals surface area contributed by atoms with Crippen molar-refractivity contribution < 1.29 is 17.6 Å².